The fraction of sp³-hybridized carbons (Fsp3) is 0.0417. The molecule has 0 spiro atoms. The predicted molar refractivity (Wildman–Crippen MR) is 126 cm³/mol. The molecule has 0 bridgehead atoms. The van der Waals surface area contributed by atoms with Crippen molar-refractivity contribution in [3.63, 3.8) is 0 Å². The lowest BCUT2D eigenvalue weighted by Gasteiger charge is -2.15. The molecule has 0 saturated heterocycles. The van der Waals surface area contributed by atoms with Crippen LogP contribution in [0.3, 0.4) is 0 Å². The molecular weight excluding hydrogens is 496 g/mol. The summed E-state index contributed by atoms with van der Waals surface area (Å²) in [4.78, 5) is 38.8. The van der Waals surface area contributed by atoms with Gasteiger partial charge in [0.25, 0.3) is 11.8 Å². The molecule has 3 aromatic carbocycles. The standard InChI is InChI=1S/C24H16BrClN2O4/c1-14-4-2-3-5-19(14)32-24(31)15-6-10-17(11-7-15)27-21-20(26)22(29)28(23(21)30)18-12-8-16(25)9-13-18/h2-13,27H,1H3. The summed E-state index contributed by atoms with van der Waals surface area (Å²) in [7, 11) is 0. The van der Waals surface area contributed by atoms with E-state index in [1.165, 1.54) is 0 Å². The molecule has 1 heterocycles. The van der Waals surface area contributed by atoms with Crippen LogP contribution in [0.1, 0.15) is 15.9 Å². The molecule has 0 radical (unpaired) electrons. The number of carbonyl (C=O) groups is 3. The van der Waals surface area contributed by atoms with E-state index >= 15 is 0 Å². The number of hydrogen-bond donors (Lipinski definition) is 1. The number of carbonyl (C=O) groups excluding carboxylic acids is 3. The number of esters is 1. The van der Waals surface area contributed by atoms with Crippen molar-refractivity contribution in [2.24, 2.45) is 0 Å². The Balaban J connectivity index is 1.49. The summed E-state index contributed by atoms with van der Waals surface area (Å²) in [6.07, 6.45) is 0. The van der Waals surface area contributed by atoms with Crippen LogP contribution in [0.2, 0.25) is 0 Å². The van der Waals surface area contributed by atoms with E-state index in [1.807, 2.05) is 19.1 Å². The Morgan fingerprint density at radius 2 is 1.59 bits per heavy atom. The van der Waals surface area contributed by atoms with Gasteiger partial charge in [0.1, 0.15) is 16.5 Å². The van der Waals surface area contributed by atoms with E-state index in [2.05, 4.69) is 21.2 Å². The van der Waals surface area contributed by atoms with Gasteiger partial charge in [-0.2, -0.15) is 0 Å². The molecule has 1 N–H and O–H groups in total. The largest absolute Gasteiger partial charge is 0.423 e. The number of para-hydroxylation sites is 1. The summed E-state index contributed by atoms with van der Waals surface area (Å²) in [5.41, 5.74) is 2.05. The van der Waals surface area contributed by atoms with Crippen LogP contribution in [0.4, 0.5) is 11.4 Å². The zero-order chi connectivity index (χ0) is 22.8. The molecule has 0 atom stereocenters. The number of nitrogens with zero attached hydrogens (tertiary/aromatic N) is 1. The Morgan fingerprint density at radius 1 is 0.938 bits per heavy atom. The van der Waals surface area contributed by atoms with Gasteiger partial charge >= 0.3 is 5.97 Å². The molecule has 6 nitrogen and oxygen atoms in total. The maximum absolute atomic E-state index is 12.8. The number of hydrogen-bond acceptors (Lipinski definition) is 5. The Hall–Kier alpha value is -3.42. The highest BCUT2D eigenvalue weighted by molar-refractivity contribution is 9.10. The first kappa shape index (κ1) is 21.8. The minimum Gasteiger partial charge on any atom is -0.423 e. The van der Waals surface area contributed by atoms with Crippen molar-refractivity contribution in [3.05, 3.63) is 99.1 Å². The van der Waals surface area contributed by atoms with E-state index in [9.17, 15) is 14.4 Å². The van der Waals surface area contributed by atoms with E-state index in [4.69, 9.17) is 16.3 Å². The van der Waals surface area contributed by atoms with Crippen molar-refractivity contribution in [2.75, 3.05) is 10.2 Å². The van der Waals surface area contributed by atoms with Crippen molar-refractivity contribution in [1.29, 1.82) is 0 Å². The van der Waals surface area contributed by atoms with Crippen molar-refractivity contribution < 1.29 is 19.1 Å². The second-order valence-corrected chi connectivity index (χ2v) is 8.26. The van der Waals surface area contributed by atoms with Crippen molar-refractivity contribution >= 4 is 56.7 Å². The number of anilines is 2. The minimum atomic E-state index is -0.611. The Kier molecular flexibility index (Phi) is 6.12. The molecule has 32 heavy (non-hydrogen) atoms. The summed E-state index contributed by atoms with van der Waals surface area (Å²) in [6.45, 7) is 1.85. The Morgan fingerprint density at radius 3 is 2.25 bits per heavy atom. The quantitative estimate of drug-likeness (QED) is 0.281. The summed E-state index contributed by atoms with van der Waals surface area (Å²) in [6, 6.07) is 20.3. The summed E-state index contributed by atoms with van der Waals surface area (Å²) in [5, 5.41) is 2.67. The van der Waals surface area contributed by atoms with Crippen LogP contribution in [0.15, 0.2) is 88.0 Å². The first-order valence-corrected chi connectivity index (χ1v) is 10.7. The number of halogens is 2. The monoisotopic (exact) mass is 510 g/mol. The number of nitrogens with one attached hydrogen (secondary N) is 1. The lowest BCUT2D eigenvalue weighted by Crippen LogP contribution is -2.32. The third-order valence-corrected chi connectivity index (χ3v) is 5.68. The predicted octanol–water partition coefficient (Wildman–Crippen LogP) is 5.41. The van der Waals surface area contributed by atoms with Gasteiger partial charge in [-0.05, 0) is 67.1 Å². The number of rotatable bonds is 5. The average Bonchev–Trinajstić information content (AvgIpc) is 3.00. The number of ether oxygens (including phenoxy) is 1. The van der Waals surface area contributed by atoms with Gasteiger partial charge in [-0.1, -0.05) is 45.7 Å². The first-order chi connectivity index (χ1) is 15.3. The molecule has 0 aliphatic carbocycles. The van der Waals surface area contributed by atoms with Crippen molar-refractivity contribution in [2.45, 2.75) is 6.92 Å². The second kappa shape index (κ2) is 8.98. The lowest BCUT2D eigenvalue weighted by atomic mass is 10.2. The van der Waals surface area contributed by atoms with Gasteiger partial charge in [0.05, 0.1) is 11.3 Å². The fourth-order valence-electron chi connectivity index (χ4n) is 3.10. The van der Waals surface area contributed by atoms with Gasteiger partial charge in [0, 0.05) is 10.2 Å². The van der Waals surface area contributed by atoms with Crippen LogP contribution in [0.5, 0.6) is 5.75 Å². The zero-order valence-corrected chi connectivity index (χ0v) is 19.1. The molecule has 3 aromatic rings. The van der Waals surface area contributed by atoms with Gasteiger partial charge in [0.2, 0.25) is 0 Å². The molecule has 160 valence electrons. The normalized spacial score (nSPS) is 13.5. The Bertz CT molecular complexity index is 1250. The summed E-state index contributed by atoms with van der Waals surface area (Å²) >= 11 is 9.48. The number of imide groups is 1. The molecule has 0 saturated carbocycles. The lowest BCUT2D eigenvalue weighted by molar-refractivity contribution is -0.120. The van der Waals surface area contributed by atoms with Crippen LogP contribution in [-0.2, 0) is 9.59 Å². The van der Waals surface area contributed by atoms with Gasteiger partial charge in [0.15, 0.2) is 0 Å². The van der Waals surface area contributed by atoms with E-state index in [-0.39, 0.29) is 10.7 Å². The van der Waals surface area contributed by atoms with Gasteiger partial charge in [-0.25, -0.2) is 9.69 Å². The van der Waals surface area contributed by atoms with E-state index in [0.717, 1.165) is 14.9 Å². The molecule has 1 aliphatic heterocycles. The third-order valence-electron chi connectivity index (χ3n) is 4.80. The highest BCUT2D eigenvalue weighted by atomic mass is 79.9. The average molecular weight is 512 g/mol. The first-order valence-electron chi connectivity index (χ1n) is 9.54. The summed E-state index contributed by atoms with van der Waals surface area (Å²) in [5.74, 6) is -1.19. The zero-order valence-electron chi connectivity index (χ0n) is 16.8. The van der Waals surface area contributed by atoms with Crippen LogP contribution < -0.4 is 15.0 Å². The number of amides is 2. The van der Waals surface area contributed by atoms with Crippen molar-refractivity contribution in [1.82, 2.24) is 0 Å². The fourth-order valence-corrected chi connectivity index (χ4v) is 3.58. The van der Waals surface area contributed by atoms with Crippen LogP contribution in [0.25, 0.3) is 0 Å². The molecule has 8 heteroatoms. The second-order valence-electron chi connectivity index (χ2n) is 6.97. The molecule has 1 aliphatic rings. The molecule has 2 amide bonds. The van der Waals surface area contributed by atoms with Crippen molar-refractivity contribution in [3.8, 4) is 5.75 Å². The molecule has 0 unspecified atom stereocenters. The highest BCUT2D eigenvalue weighted by Gasteiger charge is 2.38. The topological polar surface area (TPSA) is 75.7 Å². The van der Waals surface area contributed by atoms with Gasteiger partial charge < -0.3 is 10.1 Å². The van der Waals surface area contributed by atoms with E-state index in [1.54, 1.807) is 60.7 Å². The van der Waals surface area contributed by atoms with E-state index in [0.29, 0.717) is 22.7 Å². The third kappa shape index (κ3) is 4.30. The molecular formula is C24H16BrClN2O4. The number of benzene rings is 3. The van der Waals surface area contributed by atoms with Crippen LogP contribution in [0, 0.1) is 6.92 Å². The number of aryl methyl sites for hydroxylation is 1. The molecule has 4 rings (SSSR count). The smallest absolute Gasteiger partial charge is 0.343 e. The maximum atomic E-state index is 12.8. The molecule has 0 fully saturated rings. The SMILES string of the molecule is Cc1ccccc1OC(=O)c1ccc(NC2=C(Cl)C(=O)N(c3ccc(Br)cc3)C2=O)cc1. The van der Waals surface area contributed by atoms with Gasteiger partial charge in [-0.15, -0.1) is 0 Å². The summed E-state index contributed by atoms with van der Waals surface area (Å²) < 4.78 is 6.24. The van der Waals surface area contributed by atoms with Crippen LogP contribution in [-0.4, -0.2) is 17.8 Å². The maximum Gasteiger partial charge on any atom is 0.343 e. The Labute approximate surface area is 197 Å². The molecule has 0 aromatic heterocycles. The minimum absolute atomic E-state index is 0.0326. The van der Waals surface area contributed by atoms with Crippen LogP contribution >= 0.6 is 27.5 Å². The highest BCUT2D eigenvalue weighted by Crippen LogP contribution is 2.31. The van der Waals surface area contributed by atoms with Gasteiger partial charge in [-0.3, -0.25) is 9.59 Å². The van der Waals surface area contributed by atoms with E-state index < -0.39 is 17.8 Å².